The quantitative estimate of drug-likeness (QED) is 0.571. The number of benzene rings is 1. The third kappa shape index (κ3) is 4.03. The maximum atomic E-state index is 13.0. The Morgan fingerprint density at radius 1 is 0.947 bits per heavy atom. The zero-order chi connectivity index (χ0) is 14.5. The molecule has 1 rings (SSSR count). The molecule has 0 fully saturated rings. The van der Waals surface area contributed by atoms with Gasteiger partial charge in [0.15, 0.2) is 17.5 Å². The van der Waals surface area contributed by atoms with Gasteiger partial charge in [-0.1, -0.05) is 0 Å². The maximum Gasteiger partial charge on any atom is 0.500 e. The van der Waals surface area contributed by atoms with Crippen molar-refractivity contribution < 1.29 is 26.4 Å². The van der Waals surface area contributed by atoms with Crippen LogP contribution in [-0.2, 0) is 19.7 Å². The van der Waals surface area contributed by atoms with Crippen LogP contribution in [0.15, 0.2) is 12.1 Å². The van der Waals surface area contributed by atoms with Gasteiger partial charge in [0.05, 0.1) is 0 Å². The van der Waals surface area contributed by atoms with E-state index in [1.807, 2.05) is 0 Å². The molecule has 19 heavy (non-hydrogen) atoms. The molecule has 0 amide bonds. The molecule has 7 heteroatoms. The van der Waals surface area contributed by atoms with Crippen LogP contribution in [0.1, 0.15) is 12.0 Å². The van der Waals surface area contributed by atoms with Crippen molar-refractivity contribution in [2.75, 3.05) is 21.3 Å². The van der Waals surface area contributed by atoms with Crippen molar-refractivity contribution in [2.24, 2.45) is 0 Å². The summed E-state index contributed by atoms with van der Waals surface area (Å²) in [4.78, 5) is 0. The average Bonchev–Trinajstić information content (AvgIpc) is 2.41. The molecule has 108 valence electrons. The molecule has 1 aromatic carbocycles. The Labute approximate surface area is 111 Å². The highest BCUT2D eigenvalue weighted by Gasteiger charge is 2.36. The van der Waals surface area contributed by atoms with Crippen LogP contribution in [0.3, 0.4) is 0 Å². The van der Waals surface area contributed by atoms with Gasteiger partial charge in [0.25, 0.3) is 0 Å². The number of aryl methyl sites for hydroxylation is 1. The van der Waals surface area contributed by atoms with Gasteiger partial charge >= 0.3 is 8.80 Å². The molecule has 0 saturated carbocycles. The minimum Gasteiger partial charge on any atom is -0.377 e. The van der Waals surface area contributed by atoms with Crippen molar-refractivity contribution in [2.45, 2.75) is 18.9 Å². The van der Waals surface area contributed by atoms with Crippen LogP contribution < -0.4 is 0 Å². The van der Waals surface area contributed by atoms with Gasteiger partial charge in [-0.15, -0.1) is 0 Å². The van der Waals surface area contributed by atoms with E-state index in [1.165, 1.54) is 21.3 Å². The molecule has 0 saturated heterocycles. The highest BCUT2D eigenvalue weighted by atomic mass is 28.4. The van der Waals surface area contributed by atoms with Crippen molar-refractivity contribution in [1.29, 1.82) is 0 Å². The summed E-state index contributed by atoms with van der Waals surface area (Å²) in [7, 11) is 1.82. The lowest BCUT2D eigenvalue weighted by molar-refractivity contribution is 0.123. The van der Waals surface area contributed by atoms with Crippen molar-refractivity contribution in [3.05, 3.63) is 35.1 Å². The second-order valence-corrected chi connectivity index (χ2v) is 7.11. The van der Waals surface area contributed by atoms with Gasteiger partial charge in [0.2, 0.25) is 0 Å². The molecule has 0 heterocycles. The minimum absolute atomic E-state index is 0.388. The maximum absolute atomic E-state index is 13.0. The van der Waals surface area contributed by atoms with Crippen LogP contribution in [0.25, 0.3) is 0 Å². The molecule has 3 nitrogen and oxygen atoms in total. The standard InChI is InChI=1S/C12H17F3O3Si/c1-16-19(17-2,18-3)6-4-5-9-7-10(13)12(15)11(14)8-9/h7-8H,4-6H2,1-3H3. The fourth-order valence-corrected chi connectivity index (χ4v) is 3.54. The van der Waals surface area contributed by atoms with Gasteiger partial charge < -0.3 is 13.3 Å². The largest absolute Gasteiger partial charge is 0.500 e. The van der Waals surface area contributed by atoms with Crippen molar-refractivity contribution >= 4 is 8.80 Å². The number of hydrogen-bond acceptors (Lipinski definition) is 3. The highest BCUT2D eigenvalue weighted by Crippen LogP contribution is 2.19. The van der Waals surface area contributed by atoms with Crippen molar-refractivity contribution in [3.8, 4) is 0 Å². The first-order valence-electron chi connectivity index (χ1n) is 5.77. The second-order valence-electron chi connectivity index (χ2n) is 4.02. The second kappa shape index (κ2) is 7.04. The Kier molecular flexibility index (Phi) is 5.99. The van der Waals surface area contributed by atoms with Crippen LogP contribution in [-0.4, -0.2) is 30.1 Å². The molecule has 0 aliphatic carbocycles. The summed E-state index contributed by atoms with van der Waals surface area (Å²) in [6, 6.07) is 2.50. The molecule has 0 atom stereocenters. The summed E-state index contributed by atoms with van der Waals surface area (Å²) in [6.45, 7) is 0. The lowest BCUT2D eigenvalue weighted by Crippen LogP contribution is -2.42. The van der Waals surface area contributed by atoms with E-state index in [-0.39, 0.29) is 0 Å². The first kappa shape index (κ1) is 16.2. The van der Waals surface area contributed by atoms with E-state index in [0.29, 0.717) is 24.4 Å². The minimum atomic E-state index is -2.67. The van der Waals surface area contributed by atoms with Crippen molar-refractivity contribution in [1.82, 2.24) is 0 Å². The predicted molar refractivity (Wildman–Crippen MR) is 66.2 cm³/mol. The SMILES string of the molecule is CO[Si](CCCc1cc(F)c(F)c(F)c1)(OC)OC. The van der Waals surface area contributed by atoms with E-state index < -0.39 is 26.3 Å². The van der Waals surface area contributed by atoms with Gasteiger partial charge in [0, 0.05) is 27.4 Å². The van der Waals surface area contributed by atoms with Crippen LogP contribution >= 0.6 is 0 Å². The molecule has 0 radical (unpaired) electrons. The lowest BCUT2D eigenvalue weighted by atomic mass is 10.1. The molecular formula is C12H17F3O3Si. The molecule has 0 spiro atoms. The smallest absolute Gasteiger partial charge is 0.377 e. The fourth-order valence-electron chi connectivity index (χ4n) is 1.82. The highest BCUT2D eigenvalue weighted by molar-refractivity contribution is 6.60. The van der Waals surface area contributed by atoms with E-state index >= 15 is 0 Å². The molecule has 0 unspecified atom stereocenters. The predicted octanol–water partition coefficient (Wildman–Crippen LogP) is 2.91. The summed E-state index contributed by atoms with van der Waals surface area (Å²) in [6.07, 6.45) is 0.950. The first-order chi connectivity index (χ1) is 8.98. The van der Waals surface area contributed by atoms with Crippen LogP contribution in [0.4, 0.5) is 13.2 Å². The molecule has 0 N–H and O–H groups in total. The average molecular weight is 294 g/mol. The Morgan fingerprint density at radius 3 is 1.84 bits per heavy atom. The summed E-state index contributed by atoms with van der Waals surface area (Å²) < 4.78 is 54.5. The third-order valence-electron chi connectivity index (χ3n) is 2.93. The summed E-state index contributed by atoms with van der Waals surface area (Å²) in [5.74, 6) is -3.80. The van der Waals surface area contributed by atoms with E-state index in [4.69, 9.17) is 13.3 Å². The fraction of sp³-hybridized carbons (Fsp3) is 0.500. The monoisotopic (exact) mass is 294 g/mol. The van der Waals surface area contributed by atoms with Crippen LogP contribution in [0.2, 0.25) is 6.04 Å². The Morgan fingerprint density at radius 2 is 1.42 bits per heavy atom. The zero-order valence-electron chi connectivity index (χ0n) is 11.1. The van der Waals surface area contributed by atoms with Gasteiger partial charge in [-0.25, -0.2) is 13.2 Å². The van der Waals surface area contributed by atoms with Crippen LogP contribution in [0, 0.1) is 17.5 Å². The van der Waals surface area contributed by atoms with E-state index in [0.717, 1.165) is 12.1 Å². The molecule has 0 aliphatic rings. The first-order valence-corrected chi connectivity index (χ1v) is 7.70. The Bertz CT molecular complexity index is 393. The third-order valence-corrected chi connectivity index (χ3v) is 5.76. The van der Waals surface area contributed by atoms with E-state index in [1.54, 1.807) is 0 Å². The molecule has 0 aliphatic heterocycles. The van der Waals surface area contributed by atoms with Gasteiger partial charge in [-0.05, 0) is 30.5 Å². The lowest BCUT2D eigenvalue weighted by Gasteiger charge is -2.24. The summed E-state index contributed by atoms with van der Waals surface area (Å²) >= 11 is 0. The van der Waals surface area contributed by atoms with Gasteiger partial charge in [0.1, 0.15) is 0 Å². The summed E-state index contributed by atoms with van der Waals surface area (Å²) in [5.41, 5.74) is 0.391. The van der Waals surface area contributed by atoms with E-state index in [2.05, 4.69) is 0 Å². The Hall–Kier alpha value is -0.893. The number of halogens is 3. The van der Waals surface area contributed by atoms with Crippen molar-refractivity contribution in [3.63, 3.8) is 0 Å². The van der Waals surface area contributed by atoms with Gasteiger partial charge in [-0.2, -0.15) is 0 Å². The normalized spacial score (nSPS) is 11.9. The Balaban J connectivity index is 2.63. The molecule has 0 bridgehead atoms. The topological polar surface area (TPSA) is 27.7 Å². The molecule has 0 aromatic heterocycles. The van der Waals surface area contributed by atoms with Gasteiger partial charge in [-0.3, -0.25) is 0 Å². The molecular weight excluding hydrogens is 277 g/mol. The number of rotatable bonds is 7. The number of hydrogen-bond donors (Lipinski definition) is 0. The molecule has 1 aromatic rings. The van der Waals surface area contributed by atoms with Crippen LogP contribution in [0.5, 0.6) is 0 Å². The summed E-state index contributed by atoms with van der Waals surface area (Å²) in [5, 5.41) is 0. The van der Waals surface area contributed by atoms with E-state index in [9.17, 15) is 13.2 Å². The zero-order valence-corrected chi connectivity index (χ0v) is 12.1.